The van der Waals surface area contributed by atoms with Crippen LogP contribution in [0.15, 0.2) is 54.6 Å². The molecule has 1 aromatic heterocycles. The average Bonchev–Trinajstić information content (AvgIpc) is 3.20. The number of thiophene rings is 1. The predicted molar refractivity (Wildman–Crippen MR) is 115 cm³/mol. The molecule has 1 saturated heterocycles. The fraction of sp³-hybridized carbons (Fsp3) is 0.333. The van der Waals surface area contributed by atoms with Gasteiger partial charge in [-0.2, -0.15) is 0 Å². The van der Waals surface area contributed by atoms with Crippen molar-refractivity contribution in [3.8, 4) is 10.4 Å². The molecule has 0 aliphatic carbocycles. The van der Waals surface area contributed by atoms with Gasteiger partial charge in [0.15, 0.2) is 0 Å². The van der Waals surface area contributed by atoms with Crippen molar-refractivity contribution >= 4 is 11.3 Å². The Kier molecular flexibility index (Phi) is 6.32. The van der Waals surface area contributed by atoms with Crippen LogP contribution in [0.2, 0.25) is 0 Å². The maximum atomic E-state index is 13.2. The molecule has 0 spiro atoms. The van der Waals surface area contributed by atoms with Gasteiger partial charge in [0.05, 0.1) is 18.8 Å². The van der Waals surface area contributed by atoms with Crippen LogP contribution >= 0.6 is 11.3 Å². The van der Waals surface area contributed by atoms with Crippen molar-refractivity contribution in [1.82, 2.24) is 0 Å². The maximum Gasteiger partial charge on any atom is 0.123 e. The van der Waals surface area contributed by atoms with Crippen LogP contribution < -0.4 is 0 Å². The van der Waals surface area contributed by atoms with Crippen LogP contribution in [0.1, 0.15) is 34.1 Å². The largest absolute Gasteiger partial charge is 0.394 e. The minimum atomic E-state index is -1.08. The Bertz CT molecular complexity index is 1000. The Morgan fingerprint density at radius 1 is 1.07 bits per heavy atom. The molecular weight excluding hydrogens is 403 g/mol. The first kappa shape index (κ1) is 21.2. The quantitative estimate of drug-likeness (QED) is 0.575. The van der Waals surface area contributed by atoms with Crippen molar-refractivity contribution < 1.29 is 24.4 Å². The molecule has 2 aromatic carbocycles. The van der Waals surface area contributed by atoms with Crippen molar-refractivity contribution in [1.29, 1.82) is 0 Å². The van der Waals surface area contributed by atoms with E-state index < -0.39 is 18.3 Å². The van der Waals surface area contributed by atoms with Crippen LogP contribution in [-0.4, -0.2) is 40.2 Å². The van der Waals surface area contributed by atoms with E-state index in [9.17, 15) is 19.7 Å². The number of halogens is 1. The average molecular weight is 429 g/mol. The second-order valence-electron chi connectivity index (χ2n) is 7.77. The van der Waals surface area contributed by atoms with E-state index in [1.54, 1.807) is 23.5 Å². The van der Waals surface area contributed by atoms with E-state index in [0.717, 1.165) is 33.6 Å². The Hall–Kier alpha value is -2.09. The molecule has 0 saturated carbocycles. The Balaban J connectivity index is 1.54. The number of aryl methyl sites for hydroxylation is 1. The van der Waals surface area contributed by atoms with Gasteiger partial charge in [0, 0.05) is 22.6 Å². The monoisotopic (exact) mass is 428 g/mol. The summed E-state index contributed by atoms with van der Waals surface area (Å²) in [6.07, 6.45) is -2.13. The summed E-state index contributed by atoms with van der Waals surface area (Å²) in [5.74, 6) is -0.242. The molecule has 6 heteroatoms. The number of hydrogen-bond acceptors (Lipinski definition) is 5. The molecule has 0 amide bonds. The third-order valence-corrected chi connectivity index (χ3v) is 6.78. The lowest BCUT2D eigenvalue weighted by Crippen LogP contribution is -2.47. The van der Waals surface area contributed by atoms with Crippen molar-refractivity contribution in [2.75, 3.05) is 6.61 Å². The molecule has 3 unspecified atom stereocenters. The molecule has 3 N–H and O–H groups in total. The Labute approximate surface area is 179 Å². The summed E-state index contributed by atoms with van der Waals surface area (Å²) < 4.78 is 19.0. The number of ether oxygens (including phenoxy) is 1. The van der Waals surface area contributed by atoms with Crippen LogP contribution in [0.5, 0.6) is 0 Å². The molecule has 1 aliphatic heterocycles. The lowest BCUT2D eigenvalue weighted by molar-refractivity contribution is -0.181. The van der Waals surface area contributed by atoms with Crippen LogP contribution in [0.25, 0.3) is 10.4 Å². The number of rotatable bonds is 5. The third kappa shape index (κ3) is 4.48. The molecule has 0 bridgehead atoms. The SMILES string of the molecule is Cc1ccc(C2CC(O)C(O)[C@@H](CO)O2)cc1Cc1ccc(-c2ccc(F)cc2)s1. The molecule has 4 nitrogen and oxygen atoms in total. The first-order valence-corrected chi connectivity index (χ1v) is 10.8. The van der Waals surface area contributed by atoms with Gasteiger partial charge in [-0.25, -0.2) is 4.39 Å². The zero-order valence-electron chi connectivity index (χ0n) is 16.7. The summed E-state index contributed by atoms with van der Waals surface area (Å²) >= 11 is 1.68. The lowest BCUT2D eigenvalue weighted by atomic mass is 9.92. The van der Waals surface area contributed by atoms with E-state index in [0.29, 0.717) is 0 Å². The molecule has 30 heavy (non-hydrogen) atoms. The molecule has 1 fully saturated rings. The highest BCUT2D eigenvalue weighted by atomic mass is 32.1. The summed E-state index contributed by atoms with van der Waals surface area (Å²) in [6, 6.07) is 16.7. The van der Waals surface area contributed by atoms with Gasteiger partial charge >= 0.3 is 0 Å². The normalized spacial score (nSPS) is 24.2. The van der Waals surface area contributed by atoms with E-state index >= 15 is 0 Å². The second-order valence-corrected chi connectivity index (χ2v) is 8.94. The second kappa shape index (κ2) is 8.96. The zero-order chi connectivity index (χ0) is 21.3. The molecular formula is C24H25FO4S. The van der Waals surface area contributed by atoms with Crippen LogP contribution in [0.3, 0.4) is 0 Å². The molecule has 4 atom stereocenters. The van der Waals surface area contributed by atoms with Gasteiger partial charge in [-0.1, -0.05) is 30.3 Å². The first-order valence-electron chi connectivity index (χ1n) is 10.0. The first-order chi connectivity index (χ1) is 14.4. The maximum absolute atomic E-state index is 13.2. The molecule has 3 aromatic rings. The number of aliphatic hydroxyl groups excluding tert-OH is 3. The van der Waals surface area contributed by atoms with Gasteiger partial charge in [-0.15, -0.1) is 11.3 Å². The van der Waals surface area contributed by atoms with E-state index in [1.807, 2.05) is 12.1 Å². The van der Waals surface area contributed by atoms with E-state index in [4.69, 9.17) is 4.74 Å². The van der Waals surface area contributed by atoms with E-state index in [-0.39, 0.29) is 24.9 Å². The smallest absolute Gasteiger partial charge is 0.123 e. The molecule has 4 rings (SSSR count). The van der Waals surface area contributed by atoms with Crippen molar-refractivity contribution in [2.24, 2.45) is 0 Å². The van der Waals surface area contributed by atoms with Gasteiger partial charge in [0.25, 0.3) is 0 Å². The third-order valence-electron chi connectivity index (χ3n) is 5.65. The molecule has 158 valence electrons. The van der Waals surface area contributed by atoms with Gasteiger partial charge in [0.1, 0.15) is 18.0 Å². The highest BCUT2D eigenvalue weighted by Gasteiger charge is 2.36. The van der Waals surface area contributed by atoms with Gasteiger partial charge in [0.2, 0.25) is 0 Å². The number of hydrogen-bond donors (Lipinski definition) is 3. The summed E-state index contributed by atoms with van der Waals surface area (Å²) in [5, 5.41) is 29.5. The van der Waals surface area contributed by atoms with E-state index in [2.05, 4.69) is 25.1 Å². The molecule has 0 radical (unpaired) electrons. The number of benzene rings is 2. The van der Waals surface area contributed by atoms with Gasteiger partial charge < -0.3 is 20.1 Å². The van der Waals surface area contributed by atoms with Crippen LogP contribution in [-0.2, 0) is 11.2 Å². The van der Waals surface area contributed by atoms with E-state index in [1.165, 1.54) is 17.0 Å². The van der Waals surface area contributed by atoms with Crippen molar-refractivity contribution in [2.45, 2.75) is 44.2 Å². The van der Waals surface area contributed by atoms with Crippen molar-refractivity contribution in [3.05, 3.63) is 82.0 Å². The summed E-state index contributed by atoms with van der Waals surface area (Å²) in [7, 11) is 0. The molecule has 2 heterocycles. The lowest BCUT2D eigenvalue weighted by Gasteiger charge is -2.36. The summed E-state index contributed by atoms with van der Waals surface area (Å²) in [4.78, 5) is 2.29. The van der Waals surface area contributed by atoms with Gasteiger partial charge in [-0.05, 0) is 53.4 Å². The Morgan fingerprint density at radius 3 is 2.57 bits per heavy atom. The fourth-order valence-corrected chi connectivity index (χ4v) is 4.87. The standard InChI is InChI=1S/C24H25FO4S/c1-14-2-3-16(21-12-20(27)24(28)22(13-26)29-21)10-17(14)11-19-8-9-23(30-19)15-4-6-18(25)7-5-15/h2-10,20-22,24,26-28H,11-13H2,1H3/t20?,21?,22-,24?/m1/s1. The van der Waals surface area contributed by atoms with Gasteiger partial charge in [-0.3, -0.25) is 0 Å². The fourth-order valence-electron chi connectivity index (χ4n) is 3.83. The highest BCUT2D eigenvalue weighted by molar-refractivity contribution is 7.15. The minimum Gasteiger partial charge on any atom is -0.394 e. The van der Waals surface area contributed by atoms with Crippen LogP contribution in [0, 0.1) is 12.7 Å². The summed E-state index contributed by atoms with van der Waals surface area (Å²) in [6.45, 7) is 1.72. The number of aliphatic hydroxyl groups is 3. The van der Waals surface area contributed by atoms with Crippen molar-refractivity contribution in [3.63, 3.8) is 0 Å². The van der Waals surface area contributed by atoms with Crippen LogP contribution in [0.4, 0.5) is 4.39 Å². The minimum absolute atomic E-state index is 0.242. The topological polar surface area (TPSA) is 69.9 Å². The highest BCUT2D eigenvalue weighted by Crippen LogP contribution is 2.34. The predicted octanol–water partition coefficient (Wildman–Crippen LogP) is 4.00. The summed E-state index contributed by atoms with van der Waals surface area (Å²) in [5.41, 5.74) is 4.24. The Morgan fingerprint density at radius 2 is 1.83 bits per heavy atom. The molecule has 1 aliphatic rings. The zero-order valence-corrected chi connectivity index (χ0v) is 17.5.